The second-order valence-corrected chi connectivity index (χ2v) is 10.0. The van der Waals surface area contributed by atoms with Crippen molar-refractivity contribution < 1.29 is 13.2 Å². The number of nitrogens with one attached hydrogen (secondary N) is 2. The van der Waals surface area contributed by atoms with E-state index in [1.165, 1.54) is 19.2 Å². The minimum atomic E-state index is -3.27. The Kier molecular flexibility index (Phi) is 6.95. The predicted molar refractivity (Wildman–Crippen MR) is 118 cm³/mol. The average molecular weight is 452 g/mol. The van der Waals surface area contributed by atoms with Crippen LogP contribution in [0.1, 0.15) is 30.9 Å². The number of carbonyl (C=O) groups is 1. The zero-order valence-electron chi connectivity index (χ0n) is 17.3. The monoisotopic (exact) mass is 451 g/mol. The molecule has 0 saturated carbocycles. The summed E-state index contributed by atoms with van der Waals surface area (Å²) in [5.41, 5.74) is 1.72. The number of rotatable bonds is 6. The Labute approximate surface area is 182 Å². The van der Waals surface area contributed by atoms with Crippen LogP contribution in [0.5, 0.6) is 0 Å². The highest BCUT2D eigenvalue weighted by Gasteiger charge is 2.21. The third-order valence-electron chi connectivity index (χ3n) is 5.03. The van der Waals surface area contributed by atoms with Crippen molar-refractivity contribution in [2.24, 2.45) is 0 Å². The molecular weight excluding hydrogens is 426 g/mol. The molecule has 30 heavy (non-hydrogen) atoms. The molecule has 0 atom stereocenters. The highest BCUT2D eigenvalue weighted by atomic mass is 35.5. The number of hydrogen-bond acceptors (Lipinski definition) is 7. The van der Waals surface area contributed by atoms with E-state index in [4.69, 9.17) is 11.6 Å². The van der Waals surface area contributed by atoms with E-state index in [1.54, 1.807) is 18.3 Å². The Bertz CT molecular complexity index is 1040. The number of carbonyl (C=O) groups excluding carboxylic acids is 1. The van der Waals surface area contributed by atoms with Gasteiger partial charge in [0.05, 0.1) is 4.90 Å². The number of piperidine rings is 1. The number of likely N-dealkylation sites (tertiary alicyclic amines) is 1. The summed E-state index contributed by atoms with van der Waals surface area (Å²) in [6, 6.07) is 5.14. The Morgan fingerprint density at radius 2 is 2.00 bits per heavy atom. The normalized spacial score (nSPS) is 15.7. The molecule has 2 N–H and O–H groups in total. The first kappa shape index (κ1) is 22.5. The highest BCUT2D eigenvalue weighted by Crippen LogP contribution is 2.24. The van der Waals surface area contributed by atoms with E-state index in [0.29, 0.717) is 23.3 Å². The number of benzene rings is 1. The lowest BCUT2D eigenvalue weighted by molar-refractivity contribution is -0.114. The molecule has 1 aliphatic rings. The summed E-state index contributed by atoms with van der Waals surface area (Å²) < 4.78 is 23.3. The van der Waals surface area contributed by atoms with Gasteiger partial charge in [0.2, 0.25) is 11.9 Å². The number of hydrogen-bond donors (Lipinski definition) is 2. The summed E-state index contributed by atoms with van der Waals surface area (Å²) in [6.07, 6.45) is 4.68. The number of amides is 1. The number of anilines is 2. The van der Waals surface area contributed by atoms with Crippen molar-refractivity contribution in [3.63, 3.8) is 0 Å². The van der Waals surface area contributed by atoms with Crippen LogP contribution in [0.3, 0.4) is 0 Å². The Hall–Kier alpha value is -2.23. The molecule has 2 aromatic rings. The van der Waals surface area contributed by atoms with E-state index in [1.807, 2.05) is 6.92 Å². The Morgan fingerprint density at radius 3 is 2.60 bits per heavy atom. The van der Waals surface area contributed by atoms with E-state index >= 15 is 0 Å². The van der Waals surface area contributed by atoms with Crippen LogP contribution in [0, 0.1) is 6.92 Å². The van der Waals surface area contributed by atoms with E-state index in [-0.39, 0.29) is 16.8 Å². The lowest BCUT2D eigenvalue weighted by Crippen LogP contribution is -2.39. The average Bonchev–Trinajstić information content (AvgIpc) is 2.66. The molecule has 1 aromatic carbocycles. The van der Waals surface area contributed by atoms with Gasteiger partial charge < -0.3 is 10.6 Å². The maximum atomic E-state index is 11.7. The van der Waals surface area contributed by atoms with Crippen molar-refractivity contribution in [1.82, 2.24) is 14.9 Å². The summed E-state index contributed by atoms with van der Waals surface area (Å²) >= 11 is 6.30. The first-order valence-electron chi connectivity index (χ1n) is 9.70. The van der Waals surface area contributed by atoms with Crippen molar-refractivity contribution in [2.45, 2.75) is 44.2 Å². The molecule has 0 bridgehead atoms. The molecule has 1 saturated heterocycles. The van der Waals surface area contributed by atoms with Crippen molar-refractivity contribution >= 4 is 39.1 Å². The molecule has 1 fully saturated rings. The van der Waals surface area contributed by atoms with Gasteiger partial charge in [0.1, 0.15) is 5.82 Å². The number of aryl methyl sites for hydroxylation is 1. The smallest absolute Gasteiger partial charge is 0.224 e. The van der Waals surface area contributed by atoms with Gasteiger partial charge >= 0.3 is 0 Å². The number of aromatic nitrogens is 2. The maximum absolute atomic E-state index is 11.7. The van der Waals surface area contributed by atoms with Gasteiger partial charge in [-0.15, -0.1) is 0 Å². The van der Waals surface area contributed by atoms with E-state index in [0.717, 1.165) is 37.1 Å². The molecule has 0 spiro atoms. The van der Waals surface area contributed by atoms with Crippen LogP contribution in [0.4, 0.5) is 11.8 Å². The first-order valence-corrected chi connectivity index (χ1v) is 12.0. The van der Waals surface area contributed by atoms with Gasteiger partial charge in [0, 0.05) is 55.6 Å². The Balaban J connectivity index is 1.56. The molecule has 2 heterocycles. The lowest BCUT2D eigenvalue weighted by Gasteiger charge is -2.32. The largest absolute Gasteiger partial charge is 0.351 e. The topological polar surface area (TPSA) is 104 Å². The van der Waals surface area contributed by atoms with Crippen molar-refractivity contribution in [3.05, 3.63) is 40.5 Å². The molecule has 0 unspecified atom stereocenters. The van der Waals surface area contributed by atoms with Crippen molar-refractivity contribution in [3.8, 4) is 0 Å². The standard InChI is InChI=1S/C20H26ClN5O3S/c1-13-11-22-20(25-19(13)23-14(2)27)24-16-6-8-26(9-7-16)12-15-4-5-17(10-18(15)21)30(3,28)29/h4-5,10-11,16H,6-9,12H2,1-3H3,(H2,22,23,24,25,27). The fourth-order valence-electron chi connectivity index (χ4n) is 3.35. The van der Waals surface area contributed by atoms with Crippen LogP contribution in [-0.4, -0.2) is 54.6 Å². The molecule has 3 rings (SSSR count). The van der Waals surface area contributed by atoms with Crippen molar-refractivity contribution in [2.75, 3.05) is 30.0 Å². The molecule has 8 nitrogen and oxygen atoms in total. The second kappa shape index (κ2) is 9.28. The minimum absolute atomic E-state index is 0.167. The van der Waals surface area contributed by atoms with Gasteiger partial charge in [-0.25, -0.2) is 13.4 Å². The first-order chi connectivity index (χ1) is 14.1. The third kappa shape index (κ3) is 5.90. The van der Waals surface area contributed by atoms with Gasteiger partial charge in [-0.05, 0) is 37.5 Å². The maximum Gasteiger partial charge on any atom is 0.224 e. The van der Waals surface area contributed by atoms with Gasteiger partial charge in [-0.3, -0.25) is 9.69 Å². The second-order valence-electron chi connectivity index (χ2n) is 7.63. The van der Waals surface area contributed by atoms with Crippen LogP contribution in [0.2, 0.25) is 5.02 Å². The molecule has 1 aromatic heterocycles. The lowest BCUT2D eigenvalue weighted by atomic mass is 10.0. The molecular formula is C20H26ClN5O3S. The summed E-state index contributed by atoms with van der Waals surface area (Å²) in [5, 5.41) is 6.53. The van der Waals surface area contributed by atoms with E-state index < -0.39 is 9.84 Å². The highest BCUT2D eigenvalue weighted by molar-refractivity contribution is 7.90. The van der Waals surface area contributed by atoms with Gasteiger partial charge in [-0.1, -0.05) is 17.7 Å². The van der Waals surface area contributed by atoms with Crippen LogP contribution in [0.25, 0.3) is 0 Å². The summed E-state index contributed by atoms with van der Waals surface area (Å²) in [7, 11) is -3.27. The molecule has 1 aliphatic heterocycles. The number of nitrogens with zero attached hydrogens (tertiary/aromatic N) is 3. The van der Waals surface area contributed by atoms with Crippen LogP contribution >= 0.6 is 11.6 Å². The minimum Gasteiger partial charge on any atom is -0.351 e. The quantitative estimate of drug-likeness (QED) is 0.695. The summed E-state index contributed by atoms with van der Waals surface area (Å²) in [5.74, 6) is 0.853. The zero-order valence-corrected chi connectivity index (χ0v) is 18.8. The van der Waals surface area contributed by atoms with Gasteiger partial charge in [-0.2, -0.15) is 4.98 Å². The molecule has 162 valence electrons. The van der Waals surface area contributed by atoms with Crippen molar-refractivity contribution in [1.29, 1.82) is 0 Å². The fourth-order valence-corrected chi connectivity index (χ4v) is 4.30. The summed E-state index contributed by atoms with van der Waals surface area (Å²) in [4.78, 5) is 22.5. The predicted octanol–water partition coefficient (Wildman–Crippen LogP) is 2.88. The third-order valence-corrected chi connectivity index (χ3v) is 6.50. The van der Waals surface area contributed by atoms with Crippen LogP contribution in [-0.2, 0) is 21.2 Å². The molecule has 1 amide bonds. The molecule has 0 radical (unpaired) electrons. The van der Waals surface area contributed by atoms with Crippen LogP contribution in [0.15, 0.2) is 29.3 Å². The molecule has 0 aliphatic carbocycles. The van der Waals surface area contributed by atoms with Crippen LogP contribution < -0.4 is 10.6 Å². The van der Waals surface area contributed by atoms with Gasteiger partial charge in [0.25, 0.3) is 0 Å². The Morgan fingerprint density at radius 1 is 1.30 bits per heavy atom. The van der Waals surface area contributed by atoms with E-state index in [2.05, 4.69) is 25.5 Å². The number of halogens is 1. The zero-order chi connectivity index (χ0) is 21.9. The van der Waals surface area contributed by atoms with Gasteiger partial charge in [0.15, 0.2) is 9.84 Å². The summed E-state index contributed by atoms with van der Waals surface area (Å²) in [6.45, 7) is 5.70. The SMILES string of the molecule is CC(=O)Nc1nc(NC2CCN(Cc3ccc(S(C)(=O)=O)cc3Cl)CC2)ncc1C. The fraction of sp³-hybridized carbons (Fsp3) is 0.450. The number of sulfone groups is 1. The van der Waals surface area contributed by atoms with E-state index in [9.17, 15) is 13.2 Å². The molecule has 10 heteroatoms.